The maximum absolute atomic E-state index is 13.0. The number of rotatable bonds is 4. The van der Waals surface area contributed by atoms with Crippen LogP contribution in [-0.4, -0.2) is 82.2 Å². The molecule has 11 heteroatoms. The van der Waals surface area contributed by atoms with E-state index in [4.69, 9.17) is 23.2 Å². The number of amides is 1. The van der Waals surface area contributed by atoms with Crippen molar-refractivity contribution in [1.29, 1.82) is 0 Å². The minimum atomic E-state index is -4.33. The van der Waals surface area contributed by atoms with Gasteiger partial charge in [-0.05, 0) is 44.4 Å². The van der Waals surface area contributed by atoms with Gasteiger partial charge in [0.1, 0.15) is 0 Å². The first-order valence-corrected chi connectivity index (χ1v) is 12.9. The second kappa shape index (κ2) is 10.9. The predicted molar refractivity (Wildman–Crippen MR) is 133 cm³/mol. The molecule has 0 aliphatic carbocycles. The zero-order chi connectivity index (χ0) is 26.2. The van der Waals surface area contributed by atoms with Gasteiger partial charge < -0.3 is 4.90 Å². The van der Waals surface area contributed by atoms with E-state index in [9.17, 15) is 23.2 Å². The van der Waals surface area contributed by atoms with Crippen molar-refractivity contribution >= 4 is 29.1 Å². The minimum Gasteiger partial charge on any atom is -0.338 e. The zero-order valence-electron chi connectivity index (χ0n) is 20.3. The minimum absolute atomic E-state index is 0.0186. The van der Waals surface area contributed by atoms with Crippen molar-refractivity contribution in [2.75, 3.05) is 39.3 Å². The molecule has 3 aliphatic rings. The number of hydrogen-bond acceptors (Lipinski definition) is 5. The molecule has 0 bridgehead atoms. The van der Waals surface area contributed by atoms with E-state index in [0.717, 1.165) is 55.2 Å². The lowest BCUT2D eigenvalue weighted by molar-refractivity contribution is -0.137. The van der Waals surface area contributed by atoms with Gasteiger partial charge in [0.05, 0.1) is 27.7 Å². The lowest BCUT2D eigenvalue weighted by Crippen LogP contribution is -2.57. The molecule has 1 amide bonds. The Balaban J connectivity index is 1.31. The normalized spacial score (nSPS) is 24.2. The van der Waals surface area contributed by atoms with Crippen LogP contribution < -0.4 is 0 Å². The Labute approximate surface area is 219 Å². The molecule has 1 aromatic rings. The van der Waals surface area contributed by atoms with Crippen molar-refractivity contribution in [2.45, 2.75) is 51.0 Å². The van der Waals surface area contributed by atoms with Crippen molar-refractivity contribution in [3.8, 4) is 0 Å². The van der Waals surface area contributed by atoms with Crippen molar-refractivity contribution in [3.05, 3.63) is 57.2 Å². The van der Waals surface area contributed by atoms with Gasteiger partial charge in [-0.3, -0.25) is 24.9 Å². The van der Waals surface area contributed by atoms with E-state index in [1.807, 2.05) is 6.92 Å². The molecule has 6 nitrogen and oxygen atoms in total. The number of carbonyl (C=O) groups excluding carboxylic acids is 1. The van der Waals surface area contributed by atoms with Crippen molar-refractivity contribution < 1.29 is 23.2 Å². The molecule has 4 rings (SSSR count). The Morgan fingerprint density at radius 2 is 1.72 bits per heavy atom. The topological polar surface area (TPSA) is 50.3 Å². The Morgan fingerprint density at radius 3 is 2.28 bits per heavy atom. The number of alkyl halides is 3. The monoisotopic (exact) mass is 546 g/mol. The molecule has 0 aromatic heterocycles. The fourth-order valence-corrected chi connectivity index (χ4v) is 6.11. The third kappa shape index (κ3) is 5.86. The summed E-state index contributed by atoms with van der Waals surface area (Å²) in [6.07, 6.45) is -1.36. The molecule has 0 saturated carbocycles. The van der Waals surface area contributed by atoms with Crippen LogP contribution in [0.25, 0.3) is 0 Å². The molecular formula is C25H31Cl2F3N4O2. The summed E-state index contributed by atoms with van der Waals surface area (Å²) in [6.45, 7) is 7.97. The highest BCUT2D eigenvalue weighted by molar-refractivity contribution is 6.40. The number of piperazine rings is 1. The van der Waals surface area contributed by atoms with Gasteiger partial charge in [-0.25, -0.2) is 0 Å². The van der Waals surface area contributed by atoms with E-state index >= 15 is 0 Å². The SMILES string of the molecule is C[C@H]1CN(C2CCN(C(=O)C3=C(Cl)CN(O)C=C3Cl)CC2)CCN1[C@@H](C)c1ccc(C(F)(F)F)cc1. The lowest BCUT2D eigenvalue weighted by Gasteiger charge is -2.47. The molecule has 2 fully saturated rings. The Bertz CT molecular complexity index is 1020. The summed E-state index contributed by atoms with van der Waals surface area (Å²) in [5.41, 5.74) is 0.501. The number of piperidine rings is 1. The van der Waals surface area contributed by atoms with E-state index in [0.29, 0.717) is 19.1 Å². The largest absolute Gasteiger partial charge is 0.416 e. The predicted octanol–water partition coefficient (Wildman–Crippen LogP) is 5.04. The number of halogens is 5. The van der Waals surface area contributed by atoms with E-state index in [-0.39, 0.29) is 40.2 Å². The van der Waals surface area contributed by atoms with Crippen molar-refractivity contribution in [2.24, 2.45) is 0 Å². The number of benzene rings is 1. The highest BCUT2D eigenvalue weighted by Gasteiger charge is 2.36. The number of likely N-dealkylation sites (tertiary alicyclic amines) is 1. The molecule has 3 aliphatic heterocycles. The zero-order valence-corrected chi connectivity index (χ0v) is 21.8. The van der Waals surface area contributed by atoms with Gasteiger partial charge in [-0.1, -0.05) is 35.3 Å². The molecule has 1 N–H and O–H groups in total. The third-order valence-electron chi connectivity index (χ3n) is 7.48. The highest BCUT2D eigenvalue weighted by atomic mass is 35.5. The quantitative estimate of drug-likeness (QED) is 0.573. The molecule has 198 valence electrons. The van der Waals surface area contributed by atoms with Gasteiger partial charge in [0.2, 0.25) is 0 Å². The number of hydrogen-bond donors (Lipinski definition) is 1. The maximum Gasteiger partial charge on any atom is 0.416 e. The molecule has 3 heterocycles. The molecule has 2 saturated heterocycles. The number of hydroxylamine groups is 2. The van der Waals surface area contributed by atoms with Crippen LogP contribution in [0.3, 0.4) is 0 Å². The summed E-state index contributed by atoms with van der Waals surface area (Å²) in [5.74, 6) is -0.212. The molecule has 0 unspecified atom stereocenters. The molecule has 1 aromatic carbocycles. The van der Waals surface area contributed by atoms with Crippen molar-refractivity contribution in [3.63, 3.8) is 0 Å². The second-order valence-electron chi connectivity index (χ2n) is 9.76. The van der Waals surface area contributed by atoms with E-state index in [1.54, 1.807) is 17.0 Å². The van der Waals surface area contributed by atoms with E-state index < -0.39 is 11.7 Å². The van der Waals surface area contributed by atoms with Crippen LogP contribution in [0.1, 0.15) is 43.9 Å². The van der Waals surface area contributed by atoms with Crippen LogP contribution in [-0.2, 0) is 11.0 Å². The summed E-state index contributed by atoms with van der Waals surface area (Å²) >= 11 is 12.4. The Morgan fingerprint density at radius 1 is 1.08 bits per heavy atom. The average Bonchev–Trinajstić information content (AvgIpc) is 2.82. The summed E-state index contributed by atoms with van der Waals surface area (Å²) in [6, 6.07) is 6.08. The van der Waals surface area contributed by atoms with E-state index in [2.05, 4.69) is 16.7 Å². The first-order valence-electron chi connectivity index (χ1n) is 12.1. The van der Waals surface area contributed by atoms with E-state index in [1.165, 1.54) is 6.20 Å². The van der Waals surface area contributed by atoms with Gasteiger partial charge >= 0.3 is 6.18 Å². The second-order valence-corrected chi connectivity index (χ2v) is 10.6. The summed E-state index contributed by atoms with van der Waals surface area (Å²) < 4.78 is 38.7. The Hall–Kier alpha value is -1.78. The smallest absolute Gasteiger partial charge is 0.338 e. The molecular weight excluding hydrogens is 516 g/mol. The molecule has 0 radical (unpaired) electrons. The first-order chi connectivity index (χ1) is 17.0. The van der Waals surface area contributed by atoms with Gasteiger partial charge in [0.25, 0.3) is 5.91 Å². The molecule has 0 spiro atoms. The standard InChI is InChI=1S/C25H31Cl2F3N4O2/c1-16-13-32(11-12-34(16)17(2)18-3-5-19(6-4-18)25(28,29)30)20-7-9-31(10-8-20)24(35)23-21(26)14-33(36)15-22(23)27/h3-6,14,16-17,20,36H,7-13,15H2,1-2H3/t16-,17-/m0/s1. The molecule has 2 atom stereocenters. The van der Waals surface area contributed by atoms with Crippen LogP contribution in [0.15, 0.2) is 46.1 Å². The summed E-state index contributed by atoms with van der Waals surface area (Å²) in [7, 11) is 0. The summed E-state index contributed by atoms with van der Waals surface area (Å²) in [5, 5.41) is 10.8. The Kier molecular flexibility index (Phi) is 8.26. The summed E-state index contributed by atoms with van der Waals surface area (Å²) in [4.78, 5) is 19.6. The third-order valence-corrected chi connectivity index (χ3v) is 8.08. The fraction of sp³-hybridized carbons (Fsp3) is 0.560. The van der Waals surface area contributed by atoms with Gasteiger partial charge in [0.15, 0.2) is 0 Å². The van der Waals surface area contributed by atoms with Crippen LogP contribution in [0.4, 0.5) is 13.2 Å². The lowest BCUT2D eigenvalue weighted by atomic mass is 9.98. The van der Waals surface area contributed by atoms with Gasteiger partial charge in [0, 0.05) is 57.0 Å². The number of carbonyl (C=O) groups is 1. The average molecular weight is 547 g/mol. The van der Waals surface area contributed by atoms with Crippen molar-refractivity contribution in [1.82, 2.24) is 19.8 Å². The van der Waals surface area contributed by atoms with Crippen LogP contribution in [0, 0.1) is 0 Å². The number of nitrogens with zero attached hydrogens (tertiary/aromatic N) is 4. The highest BCUT2D eigenvalue weighted by Crippen LogP contribution is 2.33. The molecule has 36 heavy (non-hydrogen) atoms. The van der Waals surface area contributed by atoms with Gasteiger partial charge in [-0.2, -0.15) is 13.2 Å². The van der Waals surface area contributed by atoms with Gasteiger partial charge in [-0.15, -0.1) is 0 Å². The van der Waals surface area contributed by atoms with Crippen LogP contribution in [0.2, 0.25) is 0 Å². The first kappa shape index (κ1) is 27.3. The van der Waals surface area contributed by atoms with Crippen LogP contribution >= 0.6 is 23.2 Å². The maximum atomic E-state index is 13.0. The van der Waals surface area contributed by atoms with Crippen LogP contribution in [0.5, 0.6) is 0 Å². The fourth-order valence-electron chi connectivity index (χ4n) is 5.45.